The van der Waals surface area contributed by atoms with Crippen LogP contribution in [-0.2, 0) is 0 Å². The van der Waals surface area contributed by atoms with Crippen molar-refractivity contribution in [1.29, 1.82) is 0 Å². The zero-order valence-electron chi connectivity index (χ0n) is 9.66. The Labute approximate surface area is 99.5 Å². The van der Waals surface area contributed by atoms with E-state index in [1.165, 1.54) is 6.07 Å². The monoisotopic (exact) mass is 241 g/mol. The third-order valence-corrected chi connectivity index (χ3v) is 2.69. The van der Waals surface area contributed by atoms with E-state index in [9.17, 15) is 8.78 Å². The van der Waals surface area contributed by atoms with Gasteiger partial charge in [0.05, 0.1) is 6.61 Å². The molecule has 1 aliphatic carbocycles. The second-order valence-corrected chi connectivity index (χ2v) is 4.13. The Kier molecular flexibility index (Phi) is 3.82. The molecule has 0 N–H and O–H groups in total. The Morgan fingerprint density at radius 3 is 2.71 bits per heavy atom. The molecule has 0 aliphatic heterocycles. The fourth-order valence-electron chi connectivity index (χ4n) is 1.50. The molecule has 4 heteroatoms. The number of alkyl halides is 2. The van der Waals surface area contributed by atoms with Crippen molar-refractivity contribution in [3.63, 3.8) is 0 Å². The molecule has 93 valence electrons. The summed E-state index contributed by atoms with van der Waals surface area (Å²) in [5.74, 6) is 1.07. The van der Waals surface area contributed by atoms with E-state index in [1.807, 2.05) is 13.3 Å². The summed E-state index contributed by atoms with van der Waals surface area (Å²) in [5, 5.41) is 0. The Morgan fingerprint density at radius 2 is 2.12 bits per heavy atom. The number of hydrogen-bond donors (Lipinski definition) is 0. The minimum absolute atomic E-state index is 0.103. The molecule has 2 nitrogen and oxygen atoms in total. The minimum atomic E-state index is -2.82. The number of halogens is 2. The highest BCUT2D eigenvalue weighted by Gasteiger charge is 2.23. The third kappa shape index (κ3) is 3.58. The van der Waals surface area contributed by atoms with Crippen LogP contribution in [0, 0.1) is 12.3 Å². The number of rotatable bonds is 6. The lowest BCUT2D eigenvalue weighted by molar-refractivity contribution is -0.0515. The van der Waals surface area contributed by atoms with Crippen molar-refractivity contribution in [2.45, 2.75) is 26.4 Å². The zero-order chi connectivity index (χ0) is 12.3. The van der Waals surface area contributed by atoms with Gasteiger partial charge in [0, 0.05) is 0 Å². The lowest BCUT2D eigenvalue weighted by atomic mass is 10.1. The fraction of sp³-hybridized carbons (Fsp3) is 0.462. The van der Waals surface area contributed by atoms with E-state index in [2.05, 4.69) is 4.74 Å². The minimum Gasteiger partial charge on any atom is -0.489 e. The smallest absolute Gasteiger partial charge is 0.387 e. The molecule has 1 saturated carbocycles. The van der Waals surface area contributed by atoms with Gasteiger partial charge in [-0.1, -0.05) is 13.0 Å². The molecule has 0 heterocycles. The van der Waals surface area contributed by atoms with E-state index in [1.54, 1.807) is 12.1 Å². The predicted molar refractivity (Wildman–Crippen MR) is 60.4 cm³/mol. The average Bonchev–Trinajstić information content (AvgIpc) is 3.11. The highest BCUT2D eigenvalue weighted by atomic mass is 19.3. The van der Waals surface area contributed by atoms with Crippen molar-refractivity contribution >= 4 is 0 Å². The second-order valence-electron chi connectivity index (χ2n) is 4.13. The molecular formula is C13H15F2O2. The topological polar surface area (TPSA) is 18.5 Å². The summed E-state index contributed by atoms with van der Waals surface area (Å²) >= 11 is 0. The van der Waals surface area contributed by atoms with Gasteiger partial charge in [-0.15, -0.1) is 0 Å². The summed E-state index contributed by atoms with van der Waals surface area (Å²) < 4.78 is 34.4. The summed E-state index contributed by atoms with van der Waals surface area (Å²) in [5.41, 5.74) is 0.928. The van der Waals surface area contributed by atoms with Gasteiger partial charge in [0.15, 0.2) is 11.5 Å². The third-order valence-electron chi connectivity index (χ3n) is 2.69. The van der Waals surface area contributed by atoms with Gasteiger partial charge in [0.1, 0.15) is 0 Å². The molecule has 1 fully saturated rings. The van der Waals surface area contributed by atoms with Gasteiger partial charge < -0.3 is 9.47 Å². The SMILES string of the molecule is C[CH]c1ccc(OC(F)F)c(OCC2CC2)c1. The molecule has 0 saturated heterocycles. The van der Waals surface area contributed by atoms with E-state index >= 15 is 0 Å². The molecule has 2 rings (SSSR count). The molecule has 0 unspecified atom stereocenters. The normalized spacial score (nSPS) is 15.1. The van der Waals surface area contributed by atoms with Crippen LogP contribution in [0.25, 0.3) is 0 Å². The van der Waals surface area contributed by atoms with Crippen LogP contribution in [0.2, 0.25) is 0 Å². The standard InChI is InChI=1S/C13H15F2O2/c1-2-9-5-6-11(17-13(14)15)12(7-9)16-8-10-3-4-10/h2,5-7,10,13H,3-4,8H2,1H3. The van der Waals surface area contributed by atoms with Gasteiger partial charge >= 0.3 is 6.61 Å². The lowest BCUT2D eigenvalue weighted by Crippen LogP contribution is -2.06. The van der Waals surface area contributed by atoms with Crippen molar-refractivity contribution in [2.75, 3.05) is 6.61 Å². The Bertz CT molecular complexity index is 376. The van der Waals surface area contributed by atoms with E-state index in [-0.39, 0.29) is 5.75 Å². The van der Waals surface area contributed by atoms with Crippen LogP contribution >= 0.6 is 0 Å². The maximum Gasteiger partial charge on any atom is 0.387 e. The first-order chi connectivity index (χ1) is 8.19. The van der Waals surface area contributed by atoms with Crippen LogP contribution in [0.5, 0.6) is 11.5 Å². The van der Waals surface area contributed by atoms with Crippen LogP contribution in [0.4, 0.5) is 8.78 Å². The van der Waals surface area contributed by atoms with Crippen LogP contribution in [0.1, 0.15) is 25.3 Å². The molecule has 0 atom stereocenters. The molecule has 17 heavy (non-hydrogen) atoms. The van der Waals surface area contributed by atoms with Gasteiger partial charge in [-0.05, 0) is 42.9 Å². The van der Waals surface area contributed by atoms with E-state index in [0.29, 0.717) is 18.3 Å². The van der Waals surface area contributed by atoms with Crippen LogP contribution < -0.4 is 9.47 Å². The first-order valence-electron chi connectivity index (χ1n) is 5.70. The number of benzene rings is 1. The molecular weight excluding hydrogens is 226 g/mol. The largest absolute Gasteiger partial charge is 0.489 e. The van der Waals surface area contributed by atoms with Crippen LogP contribution in [0.3, 0.4) is 0 Å². The summed E-state index contributed by atoms with van der Waals surface area (Å²) in [4.78, 5) is 0. The van der Waals surface area contributed by atoms with E-state index < -0.39 is 6.61 Å². The highest BCUT2D eigenvalue weighted by Crippen LogP contribution is 2.34. The molecule has 0 aromatic heterocycles. The molecule has 1 aliphatic rings. The second kappa shape index (κ2) is 5.34. The molecule has 0 spiro atoms. The summed E-state index contributed by atoms with van der Waals surface area (Å²) in [6.45, 7) is -0.366. The van der Waals surface area contributed by atoms with Crippen LogP contribution in [0.15, 0.2) is 18.2 Å². The van der Waals surface area contributed by atoms with Gasteiger partial charge in [-0.2, -0.15) is 8.78 Å². The van der Waals surface area contributed by atoms with E-state index in [0.717, 1.165) is 18.4 Å². The molecule has 0 bridgehead atoms. The lowest BCUT2D eigenvalue weighted by Gasteiger charge is -2.13. The average molecular weight is 241 g/mol. The van der Waals surface area contributed by atoms with Gasteiger partial charge in [-0.3, -0.25) is 0 Å². The van der Waals surface area contributed by atoms with Crippen molar-refractivity contribution in [1.82, 2.24) is 0 Å². The van der Waals surface area contributed by atoms with Gasteiger partial charge in [-0.25, -0.2) is 0 Å². The van der Waals surface area contributed by atoms with Crippen molar-refractivity contribution < 1.29 is 18.3 Å². The first-order valence-corrected chi connectivity index (χ1v) is 5.70. The number of hydrogen-bond acceptors (Lipinski definition) is 2. The summed E-state index contributed by atoms with van der Waals surface area (Å²) in [7, 11) is 0. The van der Waals surface area contributed by atoms with Crippen molar-refractivity contribution in [3.05, 3.63) is 30.2 Å². The number of ether oxygens (including phenoxy) is 2. The quantitative estimate of drug-likeness (QED) is 0.756. The van der Waals surface area contributed by atoms with Gasteiger partial charge in [0.25, 0.3) is 0 Å². The molecule has 0 amide bonds. The highest BCUT2D eigenvalue weighted by molar-refractivity contribution is 5.44. The maximum atomic E-state index is 12.2. The summed E-state index contributed by atoms with van der Waals surface area (Å²) in [6, 6.07) is 4.96. The Balaban J connectivity index is 2.10. The summed E-state index contributed by atoms with van der Waals surface area (Å²) in [6.07, 6.45) is 4.20. The zero-order valence-corrected chi connectivity index (χ0v) is 9.66. The molecule has 1 aromatic carbocycles. The predicted octanol–water partition coefficient (Wildman–Crippen LogP) is 3.65. The maximum absolute atomic E-state index is 12.2. The Hall–Kier alpha value is -1.32. The van der Waals surface area contributed by atoms with Crippen molar-refractivity contribution in [3.8, 4) is 11.5 Å². The van der Waals surface area contributed by atoms with Gasteiger partial charge in [0.2, 0.25) is 0 Å². The first kappa shape index (κ1) is 12.1. The van der Waals surface area contributed by atoms with Crippen molar-refractivity contribution in [2.24, 2.45) is 5.92 Å². The fourth-order valence-corrected chi connectivity index (χ4v) is 1.50. The molecule has 1 radical (unpaired) electrons. The van der Waals surface area contributed by atoms with Crippen LogP contribution in [-0.4, -0.2) is 13.2 Å². The molecule has 1 aromatic rings. The Morgan fingerprint density at radius 1 is 1.35 bits per heavy atom. The van der Waals surface area contributed by atoms with E-state index in [4.69, 9.17) is 4.74 Å².